The Hall–Kier alpha value is -3.22. The number of nitrogens with zero attached hydrogens (tertiary/aromatic N) is 5. The van der Waals surface area contributed by atoms with Crippen LogP contribution in [0.5, 0.6) is 11.5 Å². The van der Waals surface area contributed by atoms with Crippen molar-refractivity contribution in [2.45, 2.75) is 6.61 Å². The molecule has 2 heterocycles. The van der Waals surface area contributed by atoms with E-state index in [1.807, 2.05) is 30.3 Å². The summed E-state index contributed by atoms with van der Waals surface area (Å²) in [7, 11) is 1.63. The van der Waals surface area contributed by atoms with Gasteiger partial charge >= 0.3 is 0 Å². The summed E-state index contributed by atoms with van der Waals surface area (Å²) < 4.78 is 12.6. The zero-order chi connectivity index (χ0) is 15.9. The second-order valence-corrected chi connectivity index (χ2v) is 4.64. The van der Waals surface area contributed by atoms with Gasteiger partial charge in [0.1, 0.15) is 30.8 Å². The van der Waals surface area contributed by atoms with Crippen molar-refractivity contribution in [3.8, 4) is 11.5 Å². The zero-order valence-corrected chi connectivity index (χ0v) is 12.5. The van der Waals surface area contributed by atoms with E-state index < -0.39 is 0 Å². The summed E-state index contributed by atoms with van der Waals surface area (Å²) in [5, 5.41) is 11.6. The summed E-state index contributed by atoms with van der Waals surface area (Å²) in [6.07, 6.45) is 8.13. The molecule has 0 aliphatic carbocycles. The topological polar surface area (TPSA) is 74.4 Å². The third-order valence-corrected chi connectivity index (χ3v) is 3.08. The minimum absolute atomic E-state index is 0.378. The van der Waals surface area contributed by atoms with Crippen molar-refractivity contribution in [2.24, 2.45) is 5.10 Å². The maximum absolute atomic E-state index is 5.73. The first kappa shape index (κ1) is 14.7. The minimum atomic E-state index is 0.378. The number of hydrogen-bond donors (Lipinski definition) is 0. The summed E-state index contributed by atoms with van der Waals surface area (Å²) in [5.74, 6) is 1.47. The van der Waals surface area contributed by atoms with Gasteiger partial charge in [0.05, 0.1) is 19.5 Å². The average molecular weight is 309 g/mol. The van der Waals surface area contributed by atoms with Gasteiger partial charge in [0.15, 0.2) is 0 Å². The van der Waals surface area contributed by atoms with E-state index in [1.165, 1.54) is 17.3 Å². The average Bonchev–Trinajstić information content (AvgIpc) is 3.12. The number of pyridine rings is 1. The number of benzene rings is 1. The molecule has 0 fully saturated rings. The normalized spacial score (nSPS) is 10.8. The van der Waals surface area contributed by atoms with Crippen molar-refractivity contribution in [1.29, 1.82) is 0 Å². The molecule has 3 rings (SSSR count). The van der Waals surface area contributed by atoms with Crippen molar-refractivity contribution in [3.63, 3.8) is 0 Å². The van der Waals surface area contributed by atoms with Crippen molar-refractivity contribution >= 4 is 6.21 Å². The number of aromatic nitrogens is 4. The lowest BCUT2D eigenvalue weighted by molar-refractivity contribution is 0.295. The Labute approximate surface area is 133 Å². The van der Waals surface area contributed by atoms with Crippen LogP contribution in [-0.2, 0) is 6.61 Å². The van der Waals surface area contributed by atoms with Gasteiger partial charge in [-0.2, -0.15) is 5.10 Å². The molecule has 7 heteroatoms. The van der Waals surface area contributed by atoms with Crippen LogP contribution < -0.4 is 9.47 Å². The predicted octanol–water partition coefficient (Wildman–Crippen LogP) is 2.14. The molecule has 0 saturated heterocycles. The first-order chi connectivity index (χ1) is 11.3. The highest BCUT2D eigenvalue weighted by atomic mass is 16.5. The molecular formula is C16H15N5O2. The fourth-order valence-electron chi connectivity index (χ4n) is 1.97. The Morgan fingerprint density at radius 1 is 1.22 bits per heavy atom. The third kappa shape index (κ3) is 3.91. The molecular weight excluding hydrogens is 294 g/mol. The summed E-state index contributed by atoms with van der Waals surface area (Å²) in [6, 6.07) is 9.45. The SMILES string of the molecule is COc1ccc(C=Nn2cnnc2)cc1COc1cccnc1. The van der Waals surface area contributed by atoms with Crippen LogP contribution in [0, 0.1) is 0 Å². The van der Waals surface area contributed by atoms with Crippen LogP contribution in [0.2, 0.25) is 0 Å². The van der Waals surface area contributed by atoms with Gasteiger partial charge in [0.2, 0.25) is 0 Å². The van der Waals surface area contributed by atoms with Gasteiger partial charge in [-0.3, -0.25) is 4.98 Å². The van der Waals surface area contributed by atoms with Crippen molar-refractivity contribution in [3.05, 3.63) is 66.5 Å². The number of hydrogen-bond acceptors (Lipinski definition) is 6. The minimum Gasteiger partial charge on any atom is -0.496 e. The van der Waals surface area contributed by atoms with E-state index in [0.717, 1.165) is 16.9 Å². The second-order valence-electron chi connectivity index (χ2n) is 4.64. The summed E-state index contributed by atoms with van der Waals surface area (Å²) in [5.41, 5.74) is 1.84. The molecule has 0 aliphatic heterocycles. The molecule has 3 aromatic rings. The molecule has 0 radical (unpaired) electrons. The lowest BCUT2D eigenvalue weighted by Gasteiger charge is -2.10. The molecule has 0 amide bonds. The van der Waals surface area contributed by atoms with Crippen molar-refractivity contribution < 1.29 is 9.47 Å². The molecule has 116 valence electrons. The van der Waals surface area contributed by atoms with Crippen LogP contribution in [0.15, 0.2) is 60.5 Å². The first-order valence-electron chi connectivity index (χ1n) is 6.94. The van der Waals surface area contributed by atoms with Gasteiger partial charge in [0, 0.05) is 11.8 Å². The molecule has 0 bridgehead atoms. The van der Waals surface area contributed by atoms with Crippen LogP contribution in [0.3, 0.4) is 0 Å². The molecule has 0 N–H and O–H groups in total. The maximum Gasteiger partial charge on any atom is 0.141 e. The number of methoxy groups -OCH3 is 1. The molecule has 0 saturated carbocycles. The second kappa shape index (κ2) is 7.17. The molecule has 2 aromatic heterocycles. The number of ether oxygens (including phenoxy) is 2. The Morgan fingerprint density at radius 2 is 2.09 bits per heavy atom. The highest BCUT2D eigenvalue weighted by Crippen LogP contribution is 2.21. The standard InChI is InChI=1S/C16H15N5O2/c1-22-16-5-4-13(8-20-21-11-18-19-12-21)7-14(16)10-23-15-3-2-6-17-9-15/h2-9,11-12H,10H2,1H3. The molecule has 0 unspecified atom stereocenters. The van der Waals surface area contributed by atoms with E-state index in [1.54, 1.807) is 25.7 Å². The highest BCUT2D eigenvalue weighted by molar-refractivity contribution is 5.80. The summed E-state index contributed by atoms with van der Waals surface area (Å²) >= 11 is 0. The van der Waals surface area contributed by atoms with E-state index >= 15 is 0 Å². The van der Waals surface area contributed by atoms with Gasteiger partial charge in [-0.25, -0.2) is 4.68 Å². The highest BCUT2D eigenvalue weighted by Gasteiger charge is 2.05. The van der Waals surface area contributed by atoms with Gasteiger partial charge in [-0.1, -0.05) is 0 Å². The lowest BCUT2D eigenvalue weighted by atomic mass is 10.1. The lowest BCUT2D eigenvalue weighted by Crippen LogP contribution is -2.00. The van der Waals surface area contributed by atoms with Crippen LogP contribution in [0.4, 0.5) is 0 Å². The first-order valence-corrected chi connectivity index (χ1v) is 6.94. The van der Waals surface area contributed by atoms with Gasteiger partial charge in [-0.15, -0.1) is 10.2 Å². The van der Waals surface area contributed by atoms with Gasteiger partial charge in [0.25, 0.3) is 0 Å². The fraction of sp³-hybridized carbons (Fsp3) is 0.125. The van der Waals surface area contributed by atoms with E-state index in [2.05, 4.69) is 20.3 Å². The monoisotopic (exact) mass is 309 g/mol. The Balaban J connectivity index is 1.76. The predicted molar refractivity (Wildman–Crippen MR) is 84.6 cm³/mol. The Kier molecular flexibility index (Phi) is 4.58. The zero-order valence-electron chi connectivity index (χ0n) is 12.5. The quantitative estimate of drug-likeness (QED) is 0.652. The van der Waals surface area contributed by atoms with Gasteiger partial charge in [-0.05, 0) is 35.9 Å². The van der Waals surface area contributed by atoms with Crippen LogP contribution in [-0.4, -0.2) is 33.2 Å². The Morgan fingerprint density at radius 3 is 2.83 bits per heavy atom. The largest absolute Gasteiger partial charge is 0.496 e. The smallest absolute Gasteiger partial charge is 0.141 e. The van der Waals surface area contributed by atoms with Crippen molar-refractivity contribution in [1.82, 2.24) is 19.9 Å². The van der Waals surface area contributed by atoms with Gasteiger partial charge < -0.3 is 9.47 Å². The van der Waals surface area contributed by atoms with Crippen LogP contribution in [0.25, 0.3) is 0 Å². The molecule has 7 nitrogen and oxygen atoms in total. The fourth-order valence-corrected chi connectivity index (χ4v) is 1.97. The summed E-state index contributed by atoms with van der Waals surface area (Å²) in [6.45, 7) is 0.378. The van der Waals surface area contributed by atoms with E-state index in [4.69, 9.17) is 9.47 Å². The van der Waals surface area contributed by atoms with E-state index in [0.29, 0.717) is 12.4 Å². The molecule has 23 heavy (non-hydrogen) atoms. The number of rotatable bonds is 6. The Bertz CT molecular complexity index is 772. The molecule has 1 aromatic carbocycles. The van der Waals surface area contributed by atoms with Crippen LogP contribution in [0.1, 0.15) is 11.1 Å². The molecule has 0 spiro atoms. The third-order valence-electron chi connectivity index (χ3n) is 3.08. The van der Waals surface area contributed by atoms with E-state index in [9.17, 15) is 0 Å². The van der Waals surface area contributed by atoms with Crippen molar-refractivity contribution in [2.75, 3.05) is 7.11 Å². The van der Waals surface area contributed by atoms with E-state index in [-0.39, 0.29) is 0 Å². The summed E-state index contributed by atoms with van der Waals surface area (Å²) in [4.78, 5) is 4.02. The maximum atomic E-state index is 5.73. The molecule has 0 atom stereocenters. The van der Waals surface area contributed by atoms with Crippen LogP contribution >= 0.6 is 0 Å². The molecule has 0 aliphatic rings.